The van der Waals surface area contributed by atoms with E-state index >= 15 is 0 Å². The van der Waals surface area contributed by atoms with Gasteiger partial charge in [0.2, 0.25) is 0 Å². The van der Waals surface area contributed by atoms with E-state index in [1.54, 1.807) is 13.8 Å². The zero-order chi connectivity index (χ0) is 15.0. The summed E-state index contributed by atoms with van der Waals surface area (Å²) >= 11 is 0. The van der Waals surface area contributed by atoms with Crippen LogP contribution in [-0.4, -0.2) is 48.4 Å². The van der Waals surface area contributed by atoms with Crippen LogP contribution in [0, 0.1) is 0 Å². The molecule has 20 heavy (non-hydrogen) atoms. The molecule has 1 saturated heterocycles. The third-order valence-corrected chi connectivity index (χ3v) is 3.49. The lowest BCUT2D eigenvalue weighted by Gasteiger charge is -2.28. The average Bonchev–Trinajstić information content (AvgIpc) is 2.46. The third kappa shape index (κ3) is 4.45. The van der Waals surface area contributed by atoms with Crippen molar-refractivity contribution in [1.82, 2.24) is 5.32 Å². The second kappa shape index (κ2) is 8.21. The Balaban J connectivity index is 2.65. The fourth-order valence-electron chi connectivity index (χ4n) is 2.34. The molecule has 1 atom stereocenters. The average molecular weight is 287 g/mol. The summed E-state index contributed by atoms with van der Waals surface area (Å²) in [5, 5.41) is 13.7. The molecule has 0 aromatic heterocycles. The molecule has 1 fully saturated rings. The van der Waals surface area contributed by atoms with Crippen LogP contribution in [0.3, 0.4) is 0 Å². The van der Waals surface area contributed by atoms with E-state index in [1.165, 1.54) is 0 Å². The van der Waals surface area contributed by atoms with E-state index < -0.39 is 17.5 Å². The molecule has 6 nitrogen and oxygen atoms in total. The molecule has 1 unspecified atom stereocenters. The molecule has 0 radical (unpaired) electrons. The van der Waals surface area contributed by atoms with E-state index in [4.69, 9.17) is 9.47 Å². The van der Waals surface area contributed by atoms with Crippen molar-refractivity contribution in [2.45, 2.75) is 57.6 Å². The summed E-state index contributed by atoms with van der Waals surface area (Å²) in [5.41, 5.74) is -2.19. The Hall–Kier alpha value is -1.14. The molecule has 0 aromatic carbocycles. The number of hydrogen-bond donors (Lipinski definition) is 2. The fraction of sp³-hybridized carbons (Fsp3) is 0.857. The number of piperidine rings is 1. The minimum atomic E-state index is -2.19. The molecule has 1 aliphatic rings. The van der Waals surface area contributed by atoms with E-state index in [0.717, 1.165) is 25.8 Å². The summed E-state index contributed by atoms with van der Waals surface area (Å²) in [4.78, 5) is 23.7. The predicted octanol–water partition coefficient (Wildman–Crippen LogP) is 0.766. The number of nitrogens with one attached hydrogen (secondary N) is 1. The summed E-state index contributed by atoms with van der Waals surface area (Å²) in [5.74, 6) is -1.84. The van der Waals surface area contributed by atoms with Crippen molar-refractivity contribution in [3.05, 3.63) is 0 Å². The smallest absolute Gasteiger partial charge is 0.350 e. The molecule has 0 saturated carbocycles. The van der Waals surface area contributed by atoms with Gasteiger partial charge >= 0.3 is 11.9 Å². The zero-order valence-electron chi connectivity index (χ0n) is 12.3. The standard InChI is InChI=1S/C14H25NO5/c1-3-19-12(16)14(18,13(17)20-4-2)9-8-11-7-5-6-10-15-11/h11,15,18H,3-10H2,1-2H3. The van der Waals surface area contributed by atoms with E-state index in [0.29, 0.717) is 6.42 Å². The summed E-state index contributed by atoms with van der Waals surface area (Å²) in [6.07, 6.45) is 3.80. The molecular weight excluding hydrogens is 262 g/mol. The Bertz CT molecular complexity index is 308. The molecule has 0 aromatic rings. The number of rotatable bonds is 7. The highest BCUT2D eigenvalue weighted by molar-refractivity contribution is 6.03. The minimum Gasteiger partial charge on any atom is -0.463 e. The number of hydrogen-bond acceptors (Lipinski definition) is 6. The highest BCUT2D eigenvalue weighted by Gasteiger charge is 2.47. The first-order valence-electron chi connectivity index (χ1n) is 7.34. The van der Waals surface area contributed by atoms with Crippen molar-refractivity contribution >= 4 is 11.9 Å². The van der Waals surface area contributed by atoms with Gasteiger partial charge in [-0.25, -0.2) is 9.59 Å². The topological polar surface area (TPSA) is 84.9 Å². The number of carbonyl (C=O) groups excluding carboxylic acids is 2. The first-order valence-corrected chi connectivity index (χ1v) is 7.34. The summed E-state index contributed by atoms with van der Waals surface area (Å²) in [7, 11) is 0. The van der Waals surface area contributed by atoms with Crippen LogP contribution in [0.4, 0.5) is 0 Å². The van der Waals surface area contributed by atoms with Crippen molar-refractivity contribution in [3.8, 4) is 0 Å². The highest BCUT2D eigenvalue weighted by atomic mass is 16.6. The van der Waals surface area contributed by atoms with Gasteiger partial charge < -0.3 is 19.9 Å². The van der Waals surface area contributed by atoms with Gasteiger partial charge in [0.05, 0.1) is 13.2 Å². The highest BCUT2D eigenvalue weighted by Crippen LogP contribution is 2.21. The van der Waals surface area contributed by atoms with Crippen molar-refractivity contribution in [1.29, 1.82) is 0 Å². The quantitative estimate of drug-likeness (QED) is 0.531. The molecule has 2 N–H and O–H groups in total. The molecule has 6 heteroatoms. The van der Waals surface area contributed by atoms with Crippen LogP contribution < -0.4 is 5.32 Å². The number of ether oxygens (including phenoxy) is 2. The van der Waals surface area contributed by atoms with Gasteiger partial charge in [0.1, 0.15) is 0 Å². The van der Waals surface area contributed by atoms with Gasteiger partial charge in [-0.2, -0.15) is 0 Å². The van der Waals surface area contributed by atoms with Gasteiger partial charge in [-0.05, 0) is 46.1 Å². The van der Waals surface area contributed by atoms with Crippen molar-refractivity contribution < 1.29 is 24.2 Å². The van der Waals surface area contributed by atoms with Gasteiger partial charge in [-0.3, -0.25) is 0 Å². The van der Waals surface area contributed by atoms with Crippen molar-refractivity contribution in [2.24, 2.45) is 0 Å². The lowest BCUT2D eigenvalue weighted by molar-refractivity contribution is -0.184. The van der Waals surface area contributed by atoms with Gasteiger partial charge in [0.25, 0.3) is 5.60 Å². The SMILES string of the molecule is CCOC(=O)C(O)(CCC1CCCCN1)C(=O)OCC. The predicted molar refractivity (Wildman–Crippen MR) is 73.1 cm³/mol. The van der Waals surface area contributed by atoms with Crippen LogP contribution in [0.1, 0.15) is 46.0 Å². The van der Waals surface area contributed by atoms with Crippen LogP contribution in [0.25, 0.3) is 0 Å². The van der Waals surface area contributed by atoms with Gasteiger partial charge in [0.15, 0.2) is 0 Å². The molecule has 0 bridgehead atoms. The monoisotopic (exact) mass is 287 g/mol. The Labute approximate surface area is 119 Å². The van der Waals surface area contributed by atoms with Crippen LogP contribution in [0.2, 0.25) is 0 Å². The molecule has 116 valence electrons. The molecule has 0 spiro atoms. The lowest BCUT2D eigenvalue weighted by atomic mass is 9.92. The molecule has 1 heterocycles. The zero-order valence-corrected chi connectivity index (χ0v) is 12.3. The lowest BCUT2D eigenvalue weighted by Crippen LogP contribution is -2.50. The van der Waals surface area contributed by atoms with Crippen LogP contribution >= 0.6 is 0 Å². The Morgan fingerprint density at radius 2 is 1.80 bits per heavy atom. The largest absolute Gasteiger partial charge is 0.463 e. The molecule has 1 aliphatic heterocycles. The molecule has 0 aliphatic carbocycles. The second-order valence-electron chi connectivity index (χ2n) is 4.99. The van der Waals surface area contributed by atoms with Crippen LogP contribution in [0.15, 0.2) is 0 Å². The summed E-state index contributed by atoms with van der Waals surface area (Å²) in [6.45, 7) is 4.42. The maximum atomic E-state index is 11.9. The Morgan fingerprint density at radius 1 is 1.20 bits per heavy atom. The van der Waals surface area contributed by atoms with E-state index in [1.807, 2.05) is 0 Å². The number of carbonyl (C=O) groups is 2. The van der Waals surface area contributed by atoms with Gasteiger partial charge in [0, 0.05) is 6.04 Å². The number of aliphatic hydroxyl groups is 1. The summed E-state index contributed by atoms with van der Waals surface area (Å²) in [6, 6.07) is 0.221. The third-order valence-electron chi connectivity index (χ3n) is 3.49. The van der Waals surface area contributed by atoms with E-state index in [-0.39, 0.29) is 25.7 Å². The van der Waals surface area contributed by atoms with E-state index in [9.17, 15) is 14.7 Å². The van der Waals surface area contributed by atoms with Crippen LogP contribution in [-0.2, 0) is 19.1 Å². The fourth-order valence-corrected chi connectivity index (χ4v) is 2.34. The van der Waals surface area contributed by atoms with E-state index in [2.05, 4.69) is 5.32 Å². The van der Waals surface area contributed by atoms with Gasteiger partial charge in [-0.15, -0.1) is 0 Å². The summed E-state index contributed by atoms with van der Waals surface area (Å²) < 4.78 is 9.61. The normalized spacial score (nSPS) is 19.4. The first kappa shape index (κ1) is 16.9. The Kier molecular flexibility index (Phi) is 6.95. The maximum Gasteiger partial charge on any atom is 0.350 e. The van der Waals surface area contributed by atoms with Crippen LogP contribution in [0.5, 0.6) is 0 Å². The number of esters is 2. The molecule has 1 rings (SSSR count). The maximum absolute atomic E-state index is 11.9. The molecule has 0 amide bonds. The Morgan fingerprint density at radius 3 is 2.25 bits per heavy atom. The first-order chi connectivity index (χ1) is 9.54. The van der Waals surface area contributed by atoms with Crippen molar-refractivity contribution in [3.63, 3.8) is 0 Å². The van der Waals surface area contributed by atoms with Crippen molar-refractivity contribution in [2.75, 3.05) is 19.8 Å². The second-order valence-corrected chi connectivity index (χ2v) is 4.99. The minimum absolute atomic E-state index is 0.0162. The molecular formula is C14H25NO5. The van der Waals surface area contributed by atoms with Gasteiger partial charge in [-0.1, -0.05) is 6.42 Å².